The van der Waals surface area contributed by atoms with Crippen LogP contribution >= 0.6 is 0 Å². The Hall–Kier alpha value is -3.60. The predicted octanol–water partition coefficient (Wildman–Crippen LogP) is 2.71. The van der Waals surface area contributed by atoms with Gasteiger partial charge < -0.3 is 16.0 Å². The molecule has 0 unspecified atom stereocenters. The molecule has 0 spiro atoms. The molecule has 0 radical (unpaired) electrons. The van der Waals surface area contributed by atoms with E-state index < -0.39 is 0 Å². The Morgan fingerprint density at radius 2 is 1.88 bits per heavy atom. The lowest BCUT2D eigenvalue weighted by Crippen LogP contribution is -2.21. The van der Waals surface area contributed by atoms with Crippen molar-refractivity contribution >= 4 is 23.3 Å². The lowest BCUT2D eigenvalue weighted by atomic mass is 10.2. The first-order valence-electron chi connectivity index (χ1n) is 8.35. The van der Waals surface area contributed by atoms with Gasteiger partial charge in [-0.1, -0.05) is 0 Å². The van der Waals surface area contributed by atoms with E-state index in [0.717, 1.165) is 18.8 Å². The molecule has 3 aromatic rings. The largest absolute Gasteiger partial charge is 0.372 e. The molecular formula is C18H20N8. The van der Waals surface area contributed by atoms with Crippen molar-refractivity contribution in [2.45, 2.75) is 13.8 Å². The summed E-state index contributed by atoms with van der Waals surface area (Å²) < 4.78 is 1.42. The summed E-state index contributed by atoms with van der Waals surface area (Å²) in [6.45, 7) is 6.19. The summed E-state index contributed by atoms with van der Waals surface area (Å²) in [5, 5.41) is 16.3. The number of aromatic nitrogens is 4. The van der Waals surface area contributed by atoms with Crippen LogP contribution < -0.4 is 16.0 Å². The number of nitrogens with two attached hydrogens (primary N) is 1. The Labute approximate surface area is 151 Å². The number of nitrogens with zero attached hydrogens (tertiary/aromatic N) is 6. The third kappa shape index (κ3) is 3.57. The zero-order chi connectivity index (χ0) is 18.5. The SMILES string of the molecule is CCN(CC)c1ccc(Nc2nc(N)n(-c3ccc(C#N)cn3)n2)cc1. The maximum absolute atomic E-state index is 8.84. The molecule has 0 saturated heterocycles. The Morgan fingerprint density at radius 1 is 1.15 bits per heavy atom. The van der Waals surface area contributed by atoms with Gasteiger partial charge in [-0.05, 0) is 50.2 Å². The molecule has 0 aliphatic carbocycles. The topological polar surface area (TPSA) is 109 Å². The van der Waals surface area contributed by atoms with Gasteiger partial charge >= 0.3 is 0 Å². The molecule has 2 heterocycles. The first kappa shape index (κ1) is 17.2. The molecule has 0 fully saturated rings. The van der Waals surface area contributed by atoms with Gasteiger partial charge in [0.2, 0.25) is 11.9 Å². The van der Waals surface area contributed by atoms with Crippen molar-refractivity contribution in [3.05, 3.63) is 48.2 Å². The Kier molecular flexibility index (Phi) is 4.99. The zero-order valence-electron chi connectivity index (χ0n) is 14.7. The van der Waals surface area contributed by atoms with Gasteiger partial charge in [0.25, 0.3) is 0 Å². The van der Waals surface area contributed by atoms with Gasteiger partial charge in [-0.2, -0.15) is 14.9 Å². The predicted molar refractivity (Wildman–Crippen MR) is 102 cm³/mol. The fourth-order valence-electron chi connectivity index (χ4n) is 2.60. The molecular weight excluding hydrogens is 328 g/mol. The Bertz CT molecular complexity index is 902. The average molecular weight is 348 g/mol. The summed E-state index contributed by atoms with van der Waals surface area (Å²) in [5.41, 5.74) is 8.44. The zero-order valence-corrected chi connectivity index (χ0v) is 14.7. The van der Waals surface area contributed by atoms with Crippen LogP contribution in [0.3, 0.4) is 0 Å². The van der Waals surface area contributed by atoms with Crippen molar-refractivity contribution in [3.63, 3.8) is 0 Å². The monoisotopic (exact) mass is 348 g/mol. The minimum Gasteiger partial charge on any atom is -0.372 e. The molecule has 0 aliphatic rings. The van der Waals surface area contributed by atoms with Crippen LogP contribution in [0.25, 0.3) is 5.82 Å². The highest BCUT2D eigenvalue weighted by Crippen LogP contribution is 2.21. The molecule has 0 amide bonds. The van der Waals surface area contributed by atoms with E-state index in [-0.39, 0.29) is 5.95 Å². The summed E-state index contributed by atoms with van der Waals surface area (Å²) >= 11 is 0. The van der Waals surface area contributed by atoms with Crippen LogP contribution in [-0.2, 0) is 0 Å². The molecule has 2 aromatic heterocycles. The average Bonchev–Trinajstić information content (AvgIpc) is 3.04. The molecule has 3 rings (SSSR count). The lowest BCUT2D eigenvalue weighted by Gasteiger charge is -2.21. The third-order valence-corrected chi connectivity index (χ3v) is 3.98. The number of hydrogen-bond donors (Lipinski definition) is 2. The van der Waals surface area contributed by atoms with Gasteiger partial charge in [0.15, 0.2) is 5.82 Å². The van der Waals surface area contributed by atoms with Crippen molar-refractivity contribution in [2.24, 2.45) is 0 Å². The highest BCUT2D eigenvalue weighted by molar-refractivity contribution is 5.60. The van der Waals surface area contributed by atoms with Crippen LogP contribution in [0.2, 0.25) is 0 Å². The molecule has 26 heavy (non-hydrogen) atoms. The molecule has 0 aliphatic heterocycles. The van der Waals surface area contributed by atoms with Crippen molar-refractivity contribution in [3.8, 4) is 11.9 Å². The maximum atomic E-state index is 8.84. The van der Waals surface area contributed by atoms with Gasteiger partial charge in [-0.15, -0.1) is 5.10 Å². The van der Waals surface area contributed by atoms with Gasteiger partial charge in [-0.3, -0.25) is 0 Å². The number of hydrogen-bond acceptors (Lipinski definition) is 7. The molecule has 0 bridgehead atoms. The van der Waals surface area contributed by atoms with Crippen molar-refractivity contribution < 1.29 is 0 Å². The van der Waals surface area contributed by atoms with E-state index in [1.807, 2.05) is 18.2 Å². The number of nitriles is 1. The molecule has 1 aromatic carbocycles. The van der Waals surface area contributed by atoms with Crippen molar-refractivity contribution in [1.82, 2.24) is 19.7 Å². The number of rotatable bonds is 6. The van der Waals surface area contributed by atoms with Gasteiger partial charge in [-0.25, -0.2) is 4.98 Å². The van der Waals surface area contributed by atoms with Crippen molar-refractivity contribution in [2.75, 3.05) is 29.0 Å². The highest BCUT2D eigenvalue weighted by atomic mass is 15.4. The second-order valence-electron chi connectivity index (χ2n) is 5.57. The maximum Gasteiger partial charge on any atom is 0.248 e. The summed E-state index contributed by atoms with van der Waals surface area (Å²) in [4.78, 5) is 10.7. The van der Waals surface area contributed by atoms with Crippen LogP contribution in [0.4, 0.5) is 23.3 Å². The molecule has 8 heteroatoms. The third-order valence-electron chi connectivity index (χ3n) is 3.98. The molecule has 3 N–H and O–H groups in total. The Balaban J connectivity index is 1.78. The first-order chi connectivity index (χ1) is 12.6. The minimum absolute atomic E-state index is 0.212. The van der Waals surface area contributed by atoms with Crippen LogP contribution in [0.1, 0.15) is 19.4 Å². The van der Waals surface area contributed by atoms with E-state index in [0.29, 0.717) is 17.3 Å². The smallest absolute Gasteiger partial charge is 0.248 e. The van der Waals surface area contributed by atoms with Crippen molar-refractivity contribution in [1.29, 1.82) is 5.26 Å². The fourth-order valence-corrected chi connectivity index (χ4v) is 2.60. The number of nitrogens with one attached hydrogen (secondary N) is 1. The minimum atomic E-state index is 0.212. The van der Waals surface area contributed by atoms with E-state index in [1.54, 1.807) is 12.1 Å². The first-order valence-corrected chi connectivity index (χ1v) is 8.35. The number of nitrogen functional groups attached to an aromatic ring is 1. The van der Waals surface area contributed by atoms with Gasteiger partial charge in [0, 0.05) is 30.7 Å². The second-order valence-corrected chi connectivity index (χ2v) is 5.57. The molecule has 0 atom stereocenters. The number of pyridine rings is 1. The fraction of sp³-hybridized carbons (Fsp3) is 0.222. The molecule has 0 saturated carbocycles. The normalized spacial score (nSPS) is 10.3. The summed E-state index contributed by atoms with van der Waals surface area (Å²) in [6.07, 6.45) is 1.47. The van der Waals surface area contributed by atoms with E-state index >= 15 is 0 Å². The van der Waals surface area contributed by atoms with Gasteiger partial charge in [0.1, 0.15) is 6.07 Å². The number of benzene rings is 1. The number of anilines is 4. The highest BCUT2D eigenvalue weighted by Gasteiger charge is 2.10. The summed E-state index contributed by atoms with van der Waals surface area (Å²) in [7, 11) is 0. The Morgan fingerprint density at radius 3 is 2.46 bits per heavy atom. The van der Waals surface area contributed by atoms with Crippen LogP contribution in [-0.4, -0.2) is 32.8 Å². The standard InChI is InChI=1S/C18H20N8/c1-3-25(4-2)15-8-6-14(7-9-15)22-18-23-17(20)26(24-18)16-10-5-13(11-19)12-21-16/h5-10,12H,3-4H2,1-2H3,(H3,20,22,23,24). The quantitative estimate of drug-likeness (QED) is 0.705. The van der Waals surface area contributed by atoms with Crippen LogP contribution in [0.15, 0.2) is 42.6 Å². The lowest BCUT2D eigenvalue weighted by molar-refractivity contribution is 0.859. The van der Waals surface area contributed by atoms with Gasteiger partial charge in [0.05, 0.1) is 5.56 Å². The van der Waals surface area contributed by atoms with E-state index in [9.17, 15) is 0 Å². The summed E-state index contributed by atoms with van der Waals surface area (Å²) in [5.74, 6) is 1.09. The second kappa shape index (κ2) is 7.53. The van der Waals surface area contributed by atoms with E-state index in [1.165, 1.54) is 16.6 Å². The van der Waals surface area contributed by atoms with Crippen LogP contribution in [0.5, 0.6) is 0 Å². The van der Waals surface area contributed by atoms with E-state index in [4.69, 9.17) is 11.0 Å². The van der Waals surface area contributed by atoms with Crippen LogP contribution in [0, 0.1) is 11.3 Å². The molecule has 8 nitrogen and oxygen atoms in total. The van der Waals surface area contributed by atoms with E-state index in [2.05, 4.69) is 51.3 Å². The summed E-state index contributed by atoms with van der Waals surface area (Å²) in [6, 6.07) is 13.4. The molecule has 132 valence electrons.